The van der Waals surface area contributed by atoms with Gasteiger partial charge in [0.25, 0.3) is 5.91 Å². The van der Waals surface area contributed by atoms with Crippen LogP contribution in [0.1, 0.15) is 137 Å². The fourth-order valence-electron chi connectivity index (χ4n) is 13.2. The Morgan fingerprint density at radius 3 is 2.20 bits per heavy atom. The molecule has 79 heavy (non-hydrogen) atoms. The summed E-state index contributed by atoms with van der Waals surface area (Å²) in [6.07, 6.45) is 2.89. The van der Waals surface area contributed by atoms with E-state index in [0.717, 1.165) is 32.1 Å². The van der Waals surface area contributed by atoms with Crippen LogP contribution in [-0.2, 0) is 52.3 Å². The number of fused-ring (bicyclic) bond motifs is 1. The minimum atomic E-state index is -1.47. The van der Waals surface area contributed by atoms with Gasteiger partial charge in [0.15, 0.2) is 29.7 Å². The summed E-state index contributed by atoms with van der Waals surface area (Å²) in [6.45, 7) is 18.7. The average Bonchev–Trinajstić information content (AvgIpc) is 4.17. The Balaban J connectivity index is 1.25. The Morgan fingerprint density at radius 1 is 0.861 bits per heavy atom. The van der Waals surface area contributed by atoms with E-state index >= 15 is 9.59 Å². The van der Waals surface area contributed by atoms with Crippen molar-refractivity contribution in [1.82, 2.24) is 9.88 Å². The Labute approximate surface area is 473 Å². The van der Waals surface area contributed by atoms with Crippen molar-refractivity contribution in [3.05, 3.63) is 48.3 Å². The first-order valence-electron chi connectivity index (χ1n) is 28.6. The molecule has 5 fully saturated rings. The molecule has 7 rings (SSSR count). The molecule has 0 unspecified atom stereocenters. The third-order valence-corrected chi connectivity index (χ3v) is 19.3. The molecule has 19 heteroatoms. The number of aliphatic hydroxyl groups is 1. The summed E-state index contributed by atoms with van der Waals surface area (Å²) in [5.74, 6) is -4.13. The summed E-state index contributed by atoms with van der Waals surface area (Å²) >= 11 is 1.31. The number of ketones is 1. The minimum Gasteiger partial charge on any atom is -0.493 e. The van der Waals surface area contributed by atoms with Gasteiger partial charge in [-0.25, -0.2) is 0 Å². The van der Waals surface area contributed by atoms with E-state index in [1.54, 1.807) is 71.2 Å². The summed E-state index contributed by atoms with van der Waals surface area (Å²) in [7, 11) is 8.80. The number of esters is 2. The summed E-state index contributed by atoms with van der Waals surface area (Å²) < 4.78 is 64.8. The Hall–Kier alpha value is -3.92. The summed E-state index contributed by atoms with van der Waals surface area (Å²) in [4.78, 5) is 67.9. The van der Waals surface area contributed by atoms with Crippen LogP contribution in [0.15, 0.2) is 42.7 Å². The van der Waals surface area contributed by atoms with Gasteiger partial charge in [0, 0.05) is 93.2 Å². The van der Waals surface area contributed by atoms with E-state index in [1.165, 1.54) is 25.1 Å². The number of pyridine rings is 1. The van der Waals surface area contributed by atoms with E-state index in [4.69, 9.17) is 47.4 Å². The van der Waals surface area contributed by atoms with E-state index in [-0.39, 0.29) is 61.5 Å². The maximum atomic E-state index is 15.4. The largest absolute Gasteiger partial charge is 0.493 e. The second-order valence-corrected chi connectivity index (χ2v) is 25.1. The highest BCUT2D eigenvalue weighted by atomic mass is 32.2. The lowest BCUT2D eigenvalue weighted by Gasteiger charge is -2.49. The zero-order valence-corrected chi connectivity index (χ0v) is 50.3. The minimum absolute atomic E-state index is 0.0305. The number of aromatic nitrogens is 1. The maximum absolute atomic E-state index is 15.4. The number of nitrogens with zero attached hydrogens (tertiary/aromatic N) is 3. The highest BCUT2D eigenvalue weighted by molar-refractivity contribution is 8.00. The Kier molecular flexibility index (Phi) is 21.1. The number of methoxy groups -OCH3 is 3. The van der Waals surface area contributed by atoms with Gasteiger partial charge < -0.3 is 62.3 Å². The number of thioether (sulfide) groups is 1. The molecule has 1 aromatic carbocycles. The second-order valence-electron chi connectivity index (χ2n) is 23.8. The Bertz CT molecular complexity index is 2380. The fourth-order valence-corrected chi connectivity index (χ4v) is 14.7. The van der Waals surface area contributed by atoms with E-state index < -0.39 is 107 Å². The maximum Gasteiger partial charge on any atom is 0.320 e. The zero-order valence-electron chi connectivity index (χ0n) is 49.5. The van der Waals surface area contributed by atoms with Crippen molar-refractivity contribution < 1.29 is 71.7 Å². The van der Waals surface area contributed by atoms with Gasteiger partial charge in [-0.15, -0.1) is 11.8 Å². The van der Waals surface area contributed by atoms with Gasteiger partial charge >= 0.3 is 11.9 Å². The van der Waals surface area contributed by atoms with Crippen molar-refractivity contribution in [2.45, 2.75) is 210 Å². The van der Waals surface area contributed by atoms with Crippen molar-refractivity contribution >= 4 is 41.1 Å². The number of Topliss-reactive ketones (excluding diaryl/α,β-unsaturated/α-hetero) is 1. The quantitative estimate of drug-likeness (QED) is 0.148. The van der Waals surface area contributed by atoms with E-state index in [9.17, 15) is 14.7 Å². The molecule has 0 bridgehead atoms. The van der Waals surface area contributed by atoms with Crippen molar-refractivity contribution in [2.24, 2.45) is 29.6 Å². The van der Waals surface area contributed by atoms with Crippen LogP contribution in [0, 0.1) is 29.6 Å². The number of hydrogen-bond acceptors (Lipinski definition) is 18. The van der Waals surface area contributed by atoms with Crippen LogP contribution < -0.4 is 14.4 Å². The first-order chi connectivity index (χ1) is 37.4. The van der Waals surface area contributed by atoms with Crippen LogP contribution in [0.2, 0.25) is 0 Å². The number of hydrogen-bond donors (Lipinski definition) is 1. The standard InChI is InChI=1S/C60H91N3O15S/c1-16-46-60(10)49(52(57(68)78-60)79-27-26-63(55(66)40-20-19-25-61-33-40)41-23-24-44(69-13)45(29-41)74-43-21-17-18-22-43)36(4)50(64)34(2)31-59(9,71-15)54(77-47-30-42(62(11)12)28-35(3)72-47)37(5)51(38(6)56(67)75-46)76-48-32-58(8,70-14)53(65)39(7)73-48/h19-20,23-25,29,33-39,42-43,46-49,51-54,65H,16-18,21-22,26-28,30-32H2,1-15H3/t34-,35-,36-,37+,38-,39+,42+,46-,47+,48+,49+,51+,52+,53+,54-,58-,59-,60-/m1/s1. The molecule has 0 radical (unpaired) electrons. The zero-order chi connectivity index (χ0) is 57.7. The molecule has 1 N–H and O–H groups in total. The number of ether oxygens (including phenoxy) is 10. The van der Waals surface area contributed by atoms with E-state index in [0.29, 0.717) is 29.2 Å². The van der Waals surface area contributed by atoms with Gasteiger partial charge in [0.1, 0.15) is 23.2 Å². The highest BCUT2D eigenvalue weighted by Gasteiger charge is 2.62. The molecule has 0 spiro atoms. The van der Waals surface area contributed by atoms with Crippen LogP contribution in [0.5, 0.6) is 11.5 Å². The SMILES string of the molecule is CC[C@H]1OC(=O)[C@H](C)[C@@H](O[C@H]2C[C@@](C)(OC)[C@@H](O)[C@H](C)O2)[C@H](C)[C@@H](O[C@H]2C[C@@H](N(C)C)C[C@@H](C)O2)[C@](C)(OC)C[C@@H](C)C(=O)[C@H](C)[C@H]2[C@H](SCCN(C(=O)c3cccnc3)c3ccc(OC)c(OC4CCCC4)c3)C(=O)O[C@@]21C. The highest BCUT2D eigenvalue weighted by Crippen LogP contribution is 2.50. The lowest BCUT2D eigenvalue weighted by molar-refractivity contribution is -0.309. The van der Waals surface area contributed by atoms with Crippen molar-refractivity contribution in [1.29, 1.82) is 0 Å². The number of benzene rings is 1. The van der Waals surface area contributed by atoms with Gasteiger partial charge in [-0.2, -0.15) is 0 Å². The predicted octanol–water partition coefficient (Wildman–Crippen LogP) is 8.46. The molecule has 1 amide bonds. The molecule has 1 aliphatic carbocycles. The summed E-state index contributed by atoms with van der Waals surface area (Å²) in [5.41, 5.74) is -2.76. The van der Waals surface area contributed by atoms with Crippen molar-refractivity contribution in [3.8, 4) is 11.5 Å². The molecule has 18 nitrogen and oxygen atoms in total. The van der Waals surface area contributed by atoms with Gasteiger partial charge in [-0.05, 0) is 125 Å². The number of amides is 1. The first-order valence-corrected chi connectivity index (χ1v) is 29.7. The lowest BCUT2D eigenvalue weighted by atomic mass is 9.70. The van der Waals surface area contributed by atoms with Crippen LogP contribution in [0.3, 0.4) is 0 Å². The molecular formula is C60H91N3O15S. The van der Waals surface area contributed by atoms with E-state index in [1.807, 2.05) is 67.8 Å². The monoisotopic (exact) mass is 1130 g/mol. The van der Waals surface area contributed by atoms with Gasteiger partial charge in [0.2, 0.25) is 0 Å². The molecule has 442 valence electrons. The molecule has 1 aromatic heterocycles. The number of carbonyl (C=O) groups excluding carboxylic acids is 4. The molecule has 5 heterocycles. The predicted molar refractivity (Wildman–Crippen MR) is 299 cm³/mol. The van der Waals surface area contributed by atoms with Crippen molar-refractivity contribution in [3.63, 3.8) is 0 Å². The Morgan fingerprint density at radius 2 is 1.57 bits per heavy atom. The third-order valence-electron chi connectivity index (χ3n) is 18.0. The number of cyclic esters (lactones) is 1. The van der Waals surface area contributed by atoms with Crippen LogP contribution in [-0.4, -0.2) is 170 Å². The molecule has 4 aliphatic heterocycles. The second kappa shape index (κ2) is 26.5. The van der Waals surface area contributed by atoms with Gasteiger partial charge in [-0.1, -0.05) is 27.7 Å². The molecule has 5 aliphatic rings. The van der Waals surface area contributed by atoms with Crippen LogP contribution in [0.4, 0.5) is 5.69 Å². The molecule has 18 atom stereocenters. The van der Waals surface area contributed by atoms with Crippen LogP contribution >= 0.6 is 11.8 Å². The molecule has 1 saturated carbocycles. The number of anilines is 1. The third kappa shape index (κ3) is 13.8. The fraction of sp³-hybridized carbons (Fsp3) is 0.750. The number of rotatable bonds is 17. The van der Waals surface area contributed by atoms with Gasteiger partial charge in [-0.3, -0.25) is 24.2 Å². The smallest absolute Gasteiger partial charge is 0.320 e. The number of carbonyl (C=O) groups is 4. The molecular weight excluding hydrogens is 1030 g/mol. The number of aliphatic hydroxyl groups excluding tert-OH is 1. The molecule has 4 saturated heterocycles. The molecule has 2 aromatic rings. The topological polar surface area (TPSA) is 200 Å². The van der Waals surface area contributed by atoms with Crippen LogP contribution in [0.25, 0.3) is 0 Å². The average molecular weight is 1130 g/mol. The lowest BCUT2D eigenvalue weighted by Crippen LogP contribution is -2.59. The summed E-state index contributed by atoms with van der Waals surface area (Å²) in [6, 6.07) is 9.00. The normalized spacial score (nSPS) is 37.9. The first kappa shape index (κ1) is 62.7. The summed E-state index contributed by atoms with van der Waals surface area (Å²) in [5, 5.41) is 10.3. The van der Waals surface area contributed by atoms with E-state index in [2.05, 4.69) is 9.88 Å². The van der Waals surface area contributed by atoms with Gasteiger partial charge in [0.05, 0.1) is 60.3 Å². The van der Waals surface area contributed by atoms with Crippen molar-refractivity contribution in [2.75, 3.05) is 52.6 Å².